The van der Waals surface area contributed by atoms with Crippen LogP contribution in [0, 0.1) is 5.41 Å². The first-order chi connectivity index (χ1) is 16.1. The van der Waals surface area contributed by atoms with E-state index < -0.39 is 6.23 Å². The first-order valence-corrected chi connectivity index (χ1v) is 11.5. The molecule has 7 nitrogen and oxygen atoms in total. The molecule has 1 saturated heterocycles. The van der Waals surface area contributed by atoms with Crippen molar-refractivity contribution in [3.8, 4) is 0 Å². The second-order valence-corrected chi connectivity index (χ2v) is 8.59. The Bertz CT molecular complexity index is 1260. The van der Waals surface area contributed by atoms with Crippen LogP contribution in [0.5, 0.6) is 0 Å². The fourth-order valence-electron chi connectivity index (χ4n) is 4.76. The third-order valence-corrected chi connectivity index (χ3v) is 6.34. The van der Waals surface area contributed by atoms with Gasteiger partial charge in [0.15, 0.2) is 6.23 Å². The SMILES string of the molecule is N=C(/C=C1/CCC[NH2+]1)C1=C(c2cn(CCCc3ccccc3)c3ncccc23)C(=O)NC1O. The molecule has 5 N–H and O–H groups in total. The summed E-state index contributed by atoms with van der Waals surface area (Å²) in [5.41, 5.74) is 4.76. The average Bonchev–Trinajstić information content (AvgIpc) is 3.52. The predicted molar refractivity (Wildman–Crippen MR) is 127 cm³/mol. The maximum atomic E-state index is 12.9. The maximum absolute atomic E-state index is 12.9. The highest BCUT2D eigenvalue weighted by molar-refractivity contribution is 6.33. The summed E-state index contributed by atoms with van der Waals surface area (Å²) >= 11 is 0. The maximum Gasteiger partial charge on any atom is 0.254 e. The minimum absolute atomic E-state index is 0.179. The van der Waals surface area contributed by atoms with E-state index in [4.69, 9.17) is 5.41 Å². The molecule has 7 heteroatoms. The van der Waals surface area contributed by atoms with Crippen molar-refractivity contribution >= 4 is 28.2 Å². The van der Waals surface area contributed by atoms with E-state index in [0.717, 1.165) is 55.5 Å². The molecule has 2 aromatic heterocycles. The van der Waals surface area contributed by atoms with Crippen LogP contribution in [0.2, 0.25) is 0 Å². The Morgan fingerprint density at radius 2 is 2.12 bits per heavy atom. The quantitative estimate of drug-likeness (QED) is 0.421. The smallest absolute Gasteiger partial charge is 0.254 e. The molecule has 2 aliphatic rings. The minimum Gasteiger partial charge on any atom is -0.369 e. The number of benzene rings is 1. The zero-order chi connectivity index (χ0) is 22.8. The van der Waals surface area contributed by atoms with Gasteiger partial charge < -0.3 is 25.7 Å². The monoisotopic (exact) mass is 442 g/mol. The van der Waals surface area contributed by atoms with E-state index in [2.05, 4.69) is 32.3 Å². The molecule has 0 aliphatic carbocycles. The first kappa shape index (κ1) is 21.3. The van der Waals surface area contributed by atoms with E-state index in [1.165, 1.54) is 5.56 Å². The van der Waals surface area contributed by atoms with E-state index in [9.17, 15) is 9.90 Å². The van der Waals surface area contributed by atoms with Crippen molar-refractivity contribution in [3.05, 3.63) is 83.3 Å². The Morgan fingerprint density at radius 1 is 1.27 bits per heavy atom. The number of nitrogens with zero attached hydrogens (tertiary/aromatic N) is 2. The molecular formula is C26H28N5O2+. The zero-order valence-electron chi connectivity index (χ0n) is 18.4. The molecule has 1 unspecified atom stereocenters. The van der Waals surface area contributed by atoms with Crippen molar-refractivity contribution in [1.29, 1.82) is 5.41 Å². The summed E-state index contributed by atoms with van der Waals surface area (Å²) in [4.78, 5) is 17.5. The first-order valence-electron chi connectivity index (χ1n) is 11.5. The minimum atomic E-state index is -1.19. The predicted octanol–water partition coefficient (Wildman–Crippen LogP) is 2.13. The Labute approximate surface area is 192 Å². The van der Waals surface area contributed by atoms with Crippen molar-refractivity contribution in [2.24, 2.45) is 0 Å². The third-order valence-electron chi connectivity index (χ3n) is 6.34. The van der Waals surface area contributed by atoms with Crippen molar-refractivity contribution in [1.82, 2.24) is 14.9 Å². The van der Waals surface area contributed by atoms with Gasteiger partial charge in [0.1, 0.15) is 11.3 Å². The lowest BCUT2D eigenvalue weighted by Gasteiger charge is -2.08. The standard InChI is InChI=1S/C26H27N5O2/c27-21(15-18-10-4-12-28-18)23-22(25(32)30-26(23)33)20-16-31(24-19(20)11-5-13-29-24)14-6-9-17-7-2-1-3-8-17/h1-3,5,7-8,11,13,15-16,26-28,33H,4,6,9-10,12,14H2,(H,30,32)/p+1/b18-15-,27-21?. The van der Waals surface area contributed by atoms with Gasteiger partial charge in [-0.25, -0.2) is 4.98 Å². The Hall–Kier alpha value is -3.55. The number of aryl methyl sites for hydroxylation is 2. The number of hydrogen-bond donors (Lipinski definition) is 4. The number of aliphatic hydroxyl groups is 1. The third kappa shape index (κ3) is 4.25. The van der Waals surface area contributed by atoms with Gasteiger partial charge in [0.2, 0.25) is 0 Å². The molecule has 168 valence electrons. The van der Waals surface area contributed by atoms with E-state index in [1.807, 2.05) is 36.5 Å². The van der Waals surface area contributed by atoms with E-state index in [0.29, 0.717) is 16.7 Å². The van der Waals surface area contributed by atoms with Gasteiger partial charge in [-0.15, -0.1) is 0 Å². The second kappa shape index (κ2) is 9.13. The highest BCUT2D eigenvalue weighted by atomic mass is 16.3. The number of carbonyl (C=O) groups excluding carboxylic acids is 1. The zero-order valence-corrected chi connectivity index (χ0v) is 18.4. The van der Waals surface area contributed by atoms with Gasteiger partial charge in [-0.2, -0.15) is 0 Å². The number of carbonyl (C=O) groups is 1. The lowest BCUT2D eigenvalue weighted by Crippen LogP contribution is -2.78. The summed E-state index contributed by atoms with van der Waals surface area (Å²) in [6, 6.07) is 14.2. The number of pyridine rings is 1. The summed E-state index contributed by atoms with van der Waals surface area (Å²) < 4.78 is 2.07. The van der Waals surface area contributed by atoms with Crippen LogP contribution in [-0.2, 0) is 17.8 Å². The van der Waals surface area contributed by atoms with Crippen LogP contribution in [0.15, 0.2) is 72.2 Å². The molecule has 0 bridgehead atoms. The number of hydrogen-bond acceptors (Lipinski definition) is 4. The van der Waals surface area contributed by atoms with Crippen LogP contribution in [0.4, 0.5) is 0 Å². The molecule has 33 heavy (non-hydrogen) atoms. The topological polar surface area (TPSA) is 108 Å². The van der Waals surface area contributed by atoms with Gasteiger partial charge in [0.25, 0.3) is 5.91 Å². The Kier molecular flexibility index (Phi) is 5.90. The number of allylic oxidation sites excluding steroid dienone is 2. The number of rotatable bonds is 7. The molecule has 5 rings (SSSR count). The van der Waals surface area contributed by atoms with Crippen LogP contribution in [0.1, 0.15) is 30.4 Å². The average molecular weight is 443 g/mol. The fourth-order valence-corrected chi connectivity index (χ4v) is 4.76. The number of fused-ring (bicyclic) bond motifs is 1. The molecular weight excluding hydrogens is 414 g/mol. The van der Waals surface area contributed by atoms with Gasteiger partial charge in [-0.05, 0) is 30.5 Å². The summed E-state index contributed by atoms with van der Waals surface area (Å²) in [5, 5.41) is 24.8. The van der Waals surface area contributed by atoms with Crippen LogP contribution in [0.3, 0.4) is 0 Å². The summed E-state index contributed by atoms with van der Waals surface area (Å²) in [7, 11) is 0. The van der Waals surface area contributed by atoms with E-state index in [1.54, 1.807) is 12.3 Å². The molecule has 0 spiro atoms. The lowest BCUT2D eigenvalue weighted by atomic mass is 9.97. The van der Waals surface area contributed by atoms with Gasteiger partial charge in [-0.3, -0.25) is 4.79 Å². The molecule has 1 aromatic carbocycles. The van der Waals surface area contributed by atoms with Crippen molar-refractivity contribution in [2.75, 3.05) is 6.54 Å². The van der Waals surface area contributed by atoms with Crippen LogP contribution in [-0.4, -0.2) is 39.0 Å². The largest absolute Gasteiger partial charge is 0.369 e. The van der Waals surface area contributed by atoms with Gasteiger partial charge >= 0.3 is 0 Å². The highest BCUT2D eigenvalue weighted by Crippen LogP contribution is 2.33. The molecule has 0 radical (unpaired) electrons. The summed E-state index contributed by atoms with van der Waals surface area (Å²) in [6.07, 6.45) is 8.17. The number of aliphatic hydroxyl groups excluding tert-OH is 1. The molecule has 1 fully saturated rings. The Balaban J connectivity index is 1.51. The van der Waals surface area contributed by atoms with Crippen LogP contribution >= 0.6 is 0 Å². The second-order valence-electron chi connectivity index (χ2n) is 8.59. The Morgan fingerprint density at radius 3 is 2.91 bits per heavy atom. The van der Waals surface area contributed by atoms with Crippen LogP contribution < -0.4 is 10.6 Å². The molecule has 2 aliphatic heterocycles. The molecule has 4 heterocycles. The number of amides is 1. The van der Waals surface area contributed by atoms with Gasteiger partial charge in [0, 0.05) is 54.4 Å². The number of quaternary nitrogens is 1. The summed E-state index contributed by atoms with van der Waals surface area (Å²) in [5.74, 6) is -0.358. The van der Waals surface area contributed by atoms with Crippen LogP contribution in [0.25, 0.3) is 16.6 Å². The molecule has 3 aromatic rings. The van der Waals surface area contributed by atoms with E-state index in [-0.39, 0.29) is 11.6 Å². The normalized spacial score (nSPS) is 19.6. The molecule has 1 atom stereocenters. The van der Waals surface area contributed by atoms with Crippen molar-refractivity contribution < 1.29 is 15.2 Å². The number of aromatic nitrogens is 2. The highest BCUT2D eigenvalue weighted by Gasteiger charge is 2.35. The van der Waals surface area contributed by atoms with Gasteiger partial charge in [0.05, 0.1) is 17.8 Å². The summed E-state index contributed by atoms with van der Waals surface area (Å²) in [6.45, 7) is 1.76. The molecule has 0 saturated carbocycles. The van der Waals surface area contributed by atoms with Crippen molar-refractivity contribution in [2.45, 2.75) is 38.5 Å². The lowest BCUT2D eigenvalue weighted by molar-refractivity contribution is -0.591. The van der Waals surface area contributed by atoms with Crippen molar-refractivity contribution in [3.63, 3.8) is 0 Å². The van der Waals surface area contributed by atoms with E-state index >= 15 is 0 Å². The number of nitrogens with one attached hydrogen (secondary N) is 2. The van der Waals surface area contributed by atoms with Gasteiger partial charge in [-0.1, -0.05) is 30.3 Å². The number of nitrogens with two attached hydrogens (primary N) is 1. The fraction of sp³-hybridized carbons (Fsp3) is 0.269. The molecule has 1 amide bonds.